The van der Waals surface area contributed by atoms with Crippen molar-refractivity contribution in [3.63, 3.8) is 0 Å². The van der Waals surface area contributed by atoms with E-state index < -0.39 is 0 Å². The Labute approximate surface area is 104 Å². The zero-order valence-corrected chi connectivity index (χ0v) is 10.6. The van der Waals surface area contributed by atoms with Crippen LogP contribution in [-0.2, 0) is 6.61 Å². The van der Waals surface area contributed by atoms with Crippen LogP contribution in [0.25, 0.3) is 10.4 Å². The lowest BCUT2D eigenvalue weighted by Crippen LogP contribution is -2.03. The summed E-state index contributed by atoms with van der Waals surface area (Å²) >= 11 is 10.9. The molecule has 1 aromatic carbocycles. The van der Waals surface area contributed by atoms with Gasteiger partial charge in [0.25, 0.3) is 0 Å². The van der Waals surface area contributed by atoms with Crippen molar-refractivity contribution in [3.8, 4) is 16.2 Å². The molecule has 15 heavy (non-hydrogen) atoms. The predicted octanol–water partition coefficient (Wildman–Crippen LogP) is 4.12. The Hall–Kier alpha value is -0.580. The largest absolute Gasteiger partial charge is 0.487 e. The molecule has 0 saturated carbocycles. The Morgan fingerprint density at radius 1 is 1.47 bits per heavy atom. The number of fused-ring (bicyclic) bond motifs is 3. The number of rotatable bonds is 0. The fourth-order valence-electron chi connectivity index (χ4n) is 1.58. The summed E-state index contributed by atoms with van der Waals surface area (Å²) in [5.74, 6) is 0.839. The van der Waals surface area contributed by atoms with Crippen molar-refractivity contribution in [1.29, 1.82) is 0 Å². The summed E-state index contributed by atoms with van der Waals surface area (Å²) in [6.45, 7) is 0.519. The molecule has 0 amide bonds. The van der Waals surface area contributed by atoms with Gasteiger partial charge in [-0.2, -0.15) is 0 Å². The first kappa shape index (κ1) is 9.63. The van der Waals surface area contributed by atoms with Crippen molar-refractivity contribution in [1.82, 2.24) is 4.98 Å². The van der Waals surface area contributed by atoms with Crippen LogP contribution in [0.2, 0.25) is 5.02 Å². The number of hydrogen-bond acceptors (Lipinski definition) is 3. The molecule has 1 aliphatic rings. The van der Waals surface area contributed by atoms with E-state index in [9.17, 15) is 0 Å². The number of halogens is 2. The summed E-state index contributed by atoms with van der Waals surface area (Å²) in [7, 11) is 0. The molecule has 3 rings (SSSR count). The maximum atomic E-state index is 5.91. The Balaban J connectivity index is 2.25. The lowest BCUT2D eigenvalue weighted by Gasteiger charge is -2.16. The zero-order chi connectivity index (χ0) is 10.4. The van der Waals surface area contributed by atoms with Gasteiger partial charge < -0.3 is 4.74 Å². The molecular formula is C10H5BrClNOS. The van der Waals surface area contributed by atoms with Crippen LogP contribution in [0.4, 0.5) is 0 Å². The van der Waals surface area contributed by atoms with Crippen molar-refractivity contribution in [2.75, 3.05) is 0 Å². The molecule has 0 aliphatic carbocycles. The monoisotopic (exact) mass is 301 g/mol. The minimum Gasteiger partial charge on any atom is -0.487 e. The van der Waals surface area contributed by atoms with Crippen LogP contribution in [-0.4, -0.2) is 4.98 Å². The smallest absolute Gasteiger partial charge is 0.160 e. The highest BCUT2D eigenvalue weighted by molar-refractivity contribution is 9.11. The molecule has 76 valence electrons. The Bertz CT molecular complexity index is 540. The molecule has 0 bridgehead atoms. The fraction of sp³-hybridized carbons (Fsp3) is 0.100. The van der Waals surface area contributed by atoms with Crippen LogP contribution in [0.3, 0.4) is 0 Å². The first-order chi connectivity index (χ1) is 7.24. The standard InChI is InChI=1S/C10H5BrClNOS/c11-10-13-7-4-14-8-3-5(12)1-2-6(8)9(7)15-10/h1-3H,4H2. The molecule has 0 spiro atoms. The van der Waals surface area contributed by atoms with Gasteiger partial charge in [0.15, 0.2) is 3.92 Å². The van der Waals surface area contributed by atoms with Crippen LogP contribution in [0, 0.1) is 0 Å². The van der Waals surface area contributed by atoms with Gasteiger partial charge in [-0.3, -0.25) is 0 Å². The zero-order valence-electron chi connectivity index (χ0n) is 7.46. The van der Waals surface area contributed by atoms with Gasteiger partial charge >= 0.3 is 0 Å². The van der Waals surface area contributed by atoms with E-state index in [0.717, 1.165) is 20.9 Å². The lowest BCUT2D eigenvalue weighted by atomic mass is 10.1. The predicted molar refractivity (Wildman–Crippen MR) is 64.6 cm³/mol. The van der Waals surface area contributed by atoms with Crippen LogP contribution in [0.5, 0.6) is 5.75 Å². The van der Waals surface area contributed by atoms with Crippen molar-refractivity contribution in [2.45, 2.75) is 6.61 Å². The van der Waals surface area contributed by atoms with E-state index in [1.807, 2.05) is 18.2 Å². The maximum absolute atomic E-state index is 5.91. The third-order valence-corrected chi connectivity index (χ3v) is 4.04. The molecule has 5 heteroatoms. The van der Waals surface area contributed by atoms with Crippen LogP contribution < -0.4 is 4.74 Å². The van der Waals surface area contributed by atoms with E-state index in [1.54, 1.807) is 11.3 Å². The molecule has 2 nitrogen and oxygen atoms in total. The second-order valence-corrected chi connectivity index (χ2v) is 5.88. The minimum absolute atomic E-state index is 0.519. The Morgan fingerprint density at radius 3 is 3.20 bits per heavy atom. The SMILES string of the molecule is Clc1ccc2c(c1)OCc1nc(Br)sc1-2. The highest BCUT2D eigenvalue weighted by Gasteiger charge is 2.21. The van der Waals surface area contributed by atoms with E-state index >= 15 is 0 Å². The molecule has 2 aromatic rings. The lowest BCUT2D eigenvalue weighted by molar-refractivity contribution is 0.298. The summed E-state index contributed by atoms with van der Waals surface area (Å²) in [5.41, 5.74) is 2.06. The fourth-order valence-corrected chi connectivity index (χ4v) is 3.27. The normalized spacial score (nSPS) is 12.9. The topological polar surface area (TPSA) is 22.1 Å². The molecular weight excluding hydrogens is 298 g/mol. The second kappa shape index (κ2) is 3.47. The van der Waals surface area contributed by atoms with E-state index in [1.165, 1.54) is 4.88 Å². The van der Waals surface area contributed by atoms with Gasteiger partial charge in [-0.25, -0.2) is 4.98 Å². The van der Waals surface area contributed by atoms with Gasteiger partial charge in [-0.1, -0.05) is 11.6 Å². The van der Waals surface area contributed by atoms with Crippen LogP contribution >= 0.6 is 38.9 Å². The van der Waals surface area contributed by atoms with E-state index in [-0.39, 0.29) is 0 Å². The summed E-state index contributed by atoms with van der Waals surface area (Å²) in [5, 5.41) is 0.695. The van der Waals surface area contributed by atoms with Crippen molar-refractivity contribution in [2.24, 2.45) is 0 Å². The Kier molecular flexibility index (Phi) is 2.23. The van der Waals surface area contributed by atoms with Gasteiger partial charge in [0, 0.05) is 10.6 Å². The summed E-state index contributed by atoms with van der Waals surface area (Å²) < 4.78 is 6.47. The molecule has 0 unspecified atom stereocenters. The number of thiazole rings is 1. The number of aromatic nitrogens is 1. The number of hydrogen-bond donors (Lipinski definition) is 0. The molecule has 0 radical (unpaired) electrons. The van der Waals surface area contributed by atoms with E-state index in [0.29, 0.717) is 11.6 Å². The quantitative estimate of drug-likeness (QED) is 0.730. The molecule has 2 heterocycles. The summed E-state index contributed by atoms with van der Waals surface area (Å²) in [4.78, 5) is 5.52. The van der Waals surface area contributed by atoms with Crippen LogP contribution in [0.15, 0.2) is 22.1 Å². The van der Waals surface area contributed by atoms with Crippen molar-refractivity contribution < 1.29 is 4.74 Å². The van der Waals surface area contributed by atoms with Crippen molar-refractivity contribution in [3.05, 3.63) is 32.8 Å². The number of ether oxygens (including phenoxy) is 1. The average Bonchev–Trinajstić information content (AvgIpc) is 2.58. The molecule has 0 saturated heterocycles. The van der Waals surface area contributed by atoms with Gasteiger partial charge in [0.05, 0.1) is 10.6 Å². The third kappa shape index (κ3) is 1.57. The maximum Gasteiger partial charge on any atom is 0.160 e. The van der Waals surface area contributed by atoms with Gasteiger partial charge in [-0.15, -0.1) is 11.3 Å². The van der Waals surface area contributed by atoms with Crippen LogP contribution in [0.1, 0.15) is 5.69 Å². The second-order valence-electron chi connectivity index (χ2n) is 3.17. The highest BCUT2D eigenvalue weighted by Crippen LogP contribution is 2.42. The van der Waals surface area contributed by atoms with Gasteiger partial charge in [0.2, 0.25) is 0 Å². The summed E-state index contributed by atoms with van der Waals surface area (Å²) in [6, 6.07) is 5.68. The molecule has 0 atom stereocenters. The molecule has 1 aliphatic heterocycles. The minimum atomic E-state index is 0.519. The summed E-state index contributed by atoms with van der Waals surface area (Å²) in [6.07, 6.45) is 0. The van der Waals surface area contributed by atoms with Crippen molar-refractivity contribution >= 4 is 38.9 Å². The first-order valence-electron chi connectivity index (χ1n) is 4.32. The molecule has 0 fully saturated rings. The molecule has 0 N–H and O–H groups in total. The number of benzene rings is 1. The van der Waals surface area contributed by atoms with Gasteiger partial charge in [-0.05, 0) is 34.1 Å². The van der Waals surface area contributed by atoms with E-state index in [4.69, 9.17) is 16.3 Å². The first-order valence-corrected chi connectivity index (χ1v) is 6.31. The third-order valence-electron chi connectivity index (χ3n) is 2.22. The number of nitrogens with zero attached hydrogens (tertiary/aromatic N) is 1. The highest BCUT2D eigenvalue weighted by atomic mass is 79.9. The molecule has 1 aromatic heterocycles. The van der Waals surface area contributed by atoms with E-state index in [2.05, 4.69) is 20.9 Å². The average molecular weight is 303 g/mol. The Morgan fingerprint density at radius 2 is 2.33 bits per heavy atom. The van der Waals surface area contributed by atoms with Gasteiger partial charge in [0.1, 0.15) is 12.4 Å².